The molecule has 48 heavy (non-hydrogen) atoms. The molecule has 0 atom stereocenters. The van der Waals surface area contributed by atoms with Gasteiger partial charge in [0.1, 0.15) is 18.6 Å². The molecule has 1 aromatic rings. The Labute approximate surface area is 282 Å². The summed E-state index contributed by atoms with van der Waals surface area (Å²) >= 11 is 0. The highest BCUT2D eigenvalue weighted by Crippen LogP contribution is 2.10. The minimum absolute atomic E-state index is 0.236. The van der Waals surface area contributed by atoms with Crippen LogP contribution >= 0.6 is 0 Å². The zero-order valence-electron chi connectivity index (χ0n) is 27.8. The molecule has 0 unspecified atom stereocenters. The zero-order valence-corrected chi connectivity index (χ0v) is 27.8. The van der Waals surface area contributed by atoms with Gasteiger partial charge in [-0.15, -0.1) is 0 Å². The Morgan fingerprint density at radius 1 is 0.417 bits per heavy atom. The van der Waals surface area contributed by atoms with Gasteiger partial charge < -0.3 is 52.1 Å². The summed E-state index contributed by atoms with van der Waals surface area (Å²) in [5.74, 6) is 0.0786. The summed E-state index contributed by atoms with van der Waals surface area (Å²) in [5, 5.41) is 0. The Balaban J connectivity index is 1.15. The van der Waals surface area contributed by atoms with Crippen LogP contribution in [0.25, 0.3) is 0 Å². The standard InChI is InChI=1S/C33H51NO14/c35-29-30-1-3-31(4-2-30)48-28-27-47-26-25-46-24-23-45-22-21-44-20-19-43-18-17-42-16-15-41-14-13-40-12-11-39-10-9-38-8-7-34-32(36)5-6-33(34)37/h1-6,29H,7-28H2. The smallest absolute Gasteiger partial charge is 0.253 e. The third-order valence-electron chi connectivity index (χ3n) is 6.22. The normalized spacial score (nSPS) is 12.8. The second kappa shape index (κ2) is 30.2. The largest absolute Gasteiger partial charge is 0.491 e. The van der Waals surface area contributed by atoms with Gasteiger partial charge in [-0.1, -0.05) is 0 Å². The second-order valence-corrected chi connectivity index (χ2v) is 9.82. The monoisotopic (exact) mass is 685 g/mol. The van der Waals surface area contributed by atoms with Crippen LogP contribution in [0, 0.1) is 0 Å². The van der Waals surface area contributed by atoms with Crippen molar-refractivity contribution in [3.05, 3.63) is 42.0 Å². The van der Waals surface area contributed by atoms with Gasteiger partial charge in [-0.2, -0.15) is 0 Å². The van der Waals surface area contributed by atoms with Crippen LogP contribution in [0.4, 0.5) is 0 Å². The fraction of sp³-hybridized carbons (Fsp3) is 0.667. The van der Waals surface area contributed by atoms with Crippen molar-refractivity contribution in [2.24, 2.45) is 0 Å². The van der Waals surface area contributed by atoms with E-state index < -0.39 is 0 Å². The maximum atomic E-state index is 11.4. The van der Waals surface area contributed by atoms with Gasteiger partial charge in [-0.25, -0.2) is 0 Å². The van der Waals surface area contributed by atoms with Crippen molar-refractivity contribution >= 4 is 18.1 Å². The van der Waals surface area contributed by atoms with E-state index in [1.54, 1.807) is 24.3 Å². The quantitative estimate of drug-likeness (QED) is 0.0566. The second-order valence-electron chi connectivity index (χ2n) is 9.82. The molecule has 2 amide bonds. The minimum atomic E-state index is -0.310. The molecule has 0 spiro atoms. The number of rotatable bonds is 35. The molecule has 0 aromatic heterocycles. The van der Waals surface area contributed by atoms with E-state index >= 15 is 0 Å². The number of ether oxygens (including phenoxy) is 11. The van der Waals surface area contributed by atoms with Gasteiger partial charge in [0.2, 0.25) is 0 Å². The van der Waals surface area contributed by atoms with Gasteiger partial charge in [-0.05, 0) is 24.3 Å². The van der Waals surface area contributed by atoms with Crippen LogP contribution in [0.3, 0.4) is 0 Å². The first-order valence-corrected chi connectivity index (χ1v) is 16.2. The lowest BCUT2D eigenvalue weighted by molar-refractivity contribution is -0.137. The Morgan fingerprint density at radius 3 is 1.02 bits per heavy atom. The van der Waals surface area contributed by atoms with Crippen molar-refractivity contribution in [3.63, 3.8) is 0 Å². The number of aldehydes is 1. The van der Waals surface area contributed by atoms with E-state index in [9.17, 15) is 14.4 Å². The summed E-state index contributed by atoms with van der Waals surface area (Å²) in [4.78, 5) is 34.6. The third-order valence-corrected chi connectivity index (χ3v) is 6.22. The Bertz CT molecular complexity index is 960. The maximum absolute atomic E-state index is 11.4. The number of hydrogen-bond donors (Lipinski definition) is 0. The number of carbonyl (C=O) groups is 3. The summed E-state index contributed by atoms with van der Waals surface area (Å²) in [7, 11) is 0. The summed E-state index contributed by atoms with van der Waals surface area (Å²) in [6, 6.07) is 6.91. The van der Waals surface area contributed by atoms with Crippen molar-refractivity contribution in [1.82, 2.24) is 4.90 Å². The van der Waals surface area contributed by atoms with Gasteiger partial charge in [-0.3, -0.25) is 19.3 Å². The van der Waals surface area contributed by atoms with Crippen LogP contribution in [-0.2, 0) is 57.0 Å². The van der Waals surface area contributed by atoms with Crippen molar-refractivity contribution in [2.45, 2.75) is 0 Å². The lowest BCUT2D eigenvalue weighted by atomic mass is 10.2. The molecule has 1 aliphatic heterocycles. The molecule has 0 saturated carbocycles. The van der Waals surface area contributed by atoms with Crippen LogP contribution in [0.5, 0.6) is 5.75 Å². The van der Waals surface area contributed by atoms with E-state index in [2.05, 4.69) is 0 Å². The van der Waals surface area contributed by atoms with E-state index in [1.165, 1.54) is 12.2 Å². The summed E-state index contributed by atoms with van der Waals surface area (Å²) in [6.07, 6.45) is 3.30. The number of imide groups is 1. The van der Waals surface area contributed by atoms with Crippen LogP contribution in [0.2, 0.25) is 0 Å². The van der Waals surface area contributed by atoms with E-state index in [-0.39, 0.29) is 25.0 Å². The van der Waals surface area contributed by atoms with Crippen molar-refractivity contribution < 1.29 is 66.5 Å². The van der Waals surface area contributed by atoms with Crippen LogP contribution in [-0.4, -0.2) is 168 Å². The molecule has 272 valence electrons. The molecule has 0 bridgehead atoms. The topological polar surface area (TPSA) is 156 Å². The highest BCUT2D eigenvalue weighted by atomic mass is 16.6. The van der Waals surface area contributed by atoms with E-state index in [1.807, 2.05) is 0 Å². The SMILES string of the molecule is O=Cc1ccc(OCCOCCOCCOCCOCCOCCOCCOCCOCCOCCOCCN2C(=O)C=CC2=O)cc1. The minimum Gasteiger partial charge on any atom is -0.491 e. The average Bonchev–Trinajstić information content (AvgIpc) is 3.43. The number of benzene rings is 1. The van der Waals surface area contributed by atoms with Crippen LogP contribution < -0.4 is 4.74 Å². The van der Waals surface area contributed by atoms with E-state index in [0.717, 1.165) is 11.2 Å². The molecule has 0 fully saturated rings. The molecule has 0 radical (unpaired) electrons. The fourth-order valence-corrected chi connectivity index (χ4v) is 3.75. The summed E-state index contributed by atoms with van der Waals surface area (Å²) < 4.78 is 60.0. The number of hydrogen-bond acceptors (Lipinski definition) is 14. The summed E-state index contributed by atoms with van der Waals surface area (Å²) in [5.41, 5.74) is 0.613. The molecule has 0 aliphatic carbocycles. The van der Waals surface area contributed by atoms with Crippen molar-refractivity contribution in [2.75, 3.05) is 145 Å². The van der Waals surface area contributed by atoms with Gasteiger partial charge in [0.25, 0.3) is 11.8 Å². The maximum Gasteiger partial charge on any atom is 0.253 e. The molecule has 1 heterocycles. The molecule has 2 rings (SSSR count). The molecule has 0 N–H and O–H groups in total. The van der Waals surface area contributed by atoms with E-state index in [0.29, 0.717) is 143 Å². The molecule has 15 heteroatoms. The molecule has 15 nitrogen and oxygen atoms in total. The third kappa shape index (κ3) is 22.7. The van der Waals surface area contributed by atoms with Crippen LogP contribution in [0.15, 0.2) is 36.4 Å². The molecule has 1 aromatic carbocycles. The molecule has 1 aliphatic rings. The highest BCUT2D eigenvalue weighted by Gasteiger charge is 2.22. The van der Waals surface area contributed by atoms with Crippen LogP contribution in [0.1, 0.15) is 10.4 Å². The lowest BCUT2D eigenvalue weighted by Crippen LogP contribution is -2.33. The van der Waals surface area contributed by atoms with Gasteiger partial charge in [0.05, 0.1) is 139 Å². The van der Waals surface area contributed by atoms with E-state index in [4.69, 9.17) is 52.1 Å². The zero-order chi connectivity index (χ0) is 34.2. The van der Waals surface area contributed by atoms with Crippen molar-refractivity contribution in [1.29, 1.82) is 0 Å². The number of carbonyl (C=O) groups excluding carboxylic acids is 3. The van der Waals surface area contributed by atoms with Gasteiger partial charge in [0.15, 0.2) is 0 Å². The average molecular weight is 686 g/mol. The summed E-state index contributed by atoms with van der Waals surface area (Å²) in [6.45, 7) is 9.73. The first kappa shape index (κ1) is 41.3. The molecular weight excluding hydrogens is 634 g/mol. The predicted octanol–water partition coefficient (Wildman–Crippen LogP) is 0.969. The number of nitrogens with zero attached hydrogens (tertiary/aromatic N) is 1. The first-order chi connectivity index (χ1) is 23.7. The van der Waals surface area contributed by atoms with Gasteiger partial charge in [0, 0.05) is 17.7 Å². The van der Waals surface area contributed by atoms with Gasteiger partial charge >= 0.3 is 0 Å². The van der Waals surface area contributed by atoms with Crippen molar-refractivity contribution in [3.8, 4) is 5.75 Å². The predicted molar refractivity (Wildman–Crippen MR) is 171 cm³/mol. The fourth-order valence-electron chi connectivity index (χ4n) is 3.75. The molecule has 0 saturated heterocycles. The highest BCUT2D eigenvalue weighted by molar-refractivity contribution is 6.12. The lowest BCUT2D eigenvalue weighted by Gasteiger charge is -2.13. The Hall–Kier alpha value is -2.83. The Kier molecular flexibility index (Phi) is 26.0. The molecular formula is C33H51NO14. The Morgan fingerprint density at radius 2 is 0.708 bits per heavy atom. The first-order valence-electron chi connectivity index (χ1n) is 16.2. The number of amides is 2.